The van der Waals surface area contributed by atoms with Crippen molar-refractivity contribution in [3.8, 4) is 5.75 Å². The van der Waals surface area contributed by atoms with Gasteiger partial charge in [0.05, 0.1) is 7.11 Å². The fourth-order valence-corrected chi connectivity index (χ4v) is 3.12. The van der Waals surface area contributed by atoms with E-state index >= 15 is 0 Å². The third-order valence-corrected chi connectivity index (χ3v) is 4.78. The van der Waals surface area contributed by atoms with Crippen LogP contribution < -0.4 is 15.0 Å². The minimum atomic E-state index is -0.290. The standard InChI is InChI=1S/C21H24FN3O3/c1-28-19-8-2-16(3-9-19)15-23-20(26)14-21(27)25-12-10-24(11-13-25)18-6-4-17(22)5-7-18/h2-9H,10-15H2,1H3,(H,23,26). The molecule has 1 saturated heterocycles. The Balaban J connectivity index is 1.42. The van der Waals surface area contributed by atoms with E-state index in [0.717, 1.165) is 17.0 Å². The first-order chi connectivity index (χ1) is 13.5. The van der Waals surface area contributed by atoms with Gasteiger partial charge in [0.25, 0.3) is 0 Å². The molecule has 0 bridgehead atoms. The molecule has 1 fully saturated rings. The minimum absolute atomic E-state index is 0.160. The summed E-state index contributed by atoms with van der Waals surface area (Å²) in [5, 5.41) is 2.77. The normalized spacial score (nSPS) is 13.9. The molecule has 1 heterocycles. The SMILES string of the molecule is COc1ccc(CNC(=O)CC(=O)N2CCN(c3ccc(F)cc3)CC2)cc1. The van der Waals surface area contributed by atoms with Crippen molar-refractivity contribution in [2.75, 3.05) is 38.2 Å². The van der Waals surface area contributed by atoms with Gasteiger partial charge >= 0.3 is 0 Å². The molecule has 0 spiro atoms. The molecular formula is C21H24FN3O3. The molecule has 0 saturated carbocycles. The van der Waals surface area contributed by atoms with Gasteiger partial charge in [-0.2, -0.15) is 0 Å². The molecule has 0 atom stereocenters. The van der Waals surface area contributed by atoms with Gasteiger partial charge in [-0.1, -0.05) is 12.1 Å². The van der Waals surface area contributed by atoms with Gasteiger partial charge < -0.3 is 19.9 Å². The molecule has 0 aliphatic carbocycles. The van der Waals surface area contributed by atoms with Crippen LogP contribution in [-0.4, -0.2) is 50.0 Å². The van der Waals surface area contributed by atoms with Crippen molar-refractivity contribution < 1.29 is 18.7 Å². The lowest BCUT2D eigenvalue weighted by molar-refractivity contribution is -0.136. The second-order valence-electron chi connectivity index (χ2n) is 6.65. The van der Waals surface area contributed by atoms with Crippen molar-refractivity contribution in [2.24, 2.45) is 0 Å². The Morgan fingerprint density at radius 1 is 1.00 bits per heavy atom. The predicted octanol–water partition coefficient (Wildman–Crippen LogP) is 2.19. The summed E-state index contributed by atoms with van der Waals surface area (Å²) < 4.78 is 18.1. The van der Waals surface area contributed by atoms with Gasteiger partial charge in [-0.05, 0) is 42.0 Å². The smallest absolute Gasteiger partial charge is 0.232 e. The number of hydrogen-bond acceptors (Lipinski definition) is 4. The average molecular weight is 385 g/mol. The van der Waals surface area contributed by atoms with E-state index in [4.69, 9.17) is 4.74 Å². The third-order valence-electron chi connectivity index (χ3n) is 4.78. The maximum atomic E-state index is 13.0. The Morgan fingerprint density at radius 3 is 2.25 bits per heavy atom. The summed E-state index contributed by atoms with van der Waals surface area (Å²) >= 11 is 0. The maximum Gasteiger partial charge on any atom is 0.232 e. The summed E-state index contributed by atoms with van der Waals surface area (Å²) in [7, 11) is 1.60. The predicted molar refractivity (Wildman–Crippen MR) is 105 cm³/mol. The highest BCUT2D eigenvalue weighted by Crippen LogP contribution is 2.17. The Kier molecular flexibility index (Phi) is 6.47. The van der Waals surface area contributed by atoms with Crippen LogP contribution in [0.25, 0.3) is 0 Å². The number of ether oxygens (including phenoxy) is 1. The summed E-state index contributed by atoms with van der Waals surface area (Å²) in [6.07, 6.45) is -0.160. The van der Waals surface area contributed by atoms with Crippen molar-refractivity contribution in [1.82, 2.24) is 10.2 Å². The molecule has 0 aromatic heterocycles. The summed E-state index contributed by atoms with van der Waals surface area (Å²) in [6, 6.07) is 13.7. The average Bonchev–Trinajstić information content (AvgIpc) is 2.73. The van der Waals surface area contributed by atoms with Crippen molar-refractivity contribution >= 4 is 17.5 Å². The highest BCUT2D eigenvalue weighted by molar-refractivity contribution is 5.96. The number of anilines is 1. The topological polar surface area (TPSA) is 61.9 Å². The van der Waals surface area contributed by atoms with Crippen LogP contribution in [-0.2, 0) is 16.1 Å². The molecular weight excluding hydrogens is 361 g/mol. The van der Waals surface area contributed by atoms with E-state index in [-0.39, 0.29) is 24.1 Å². The van der Waals surface area contributed by atoms with E-state index in [1.54, 1.807) is 24.1 Å². The molecule has 148 valence electrons. The quantitative estimate of drug-likeness (QED) is 0.775. The lowest BCUT2D eigenvalue weighted by atomic mass is 10.2. The molecule has 7 heteroatoms. The van der Waals surface area contributed by atoms with Gasteiger partial charge in [-0.3, -0.25) is 9.59 Å². The van der Waals surface area contributed by atoms with Gasteiger partial charge in [0.2, 0.25) is 11.8 Å². The number of hydrogen-bond donors (Lipinski definition) is 1. The number of amides is 2. The molecule has 2 amide bonds. The van der Waals surface area contributed by atoms with E-state index in [0.29, 0.717) is 32.7 Å². The summed E-state index contributed by atoms with van der Waals surface area (Å²) in [6.45, 7) is 2.77. The lowest BCUT2D eigenvalue weighted by Gasteiger charge is -2.36. The first kappa shape index (κ1) is 19.7. The Morgan fingerprint density at radius 2 is 1.64 bits per heavy atom. The van der Waals surface area contributed by atoms with Crippen LogP contribution in [0.1, 0.15) is 12.0 Å². The minimum Gasteiger partial charge on any atom is -0.497 e. The van der Waals surface area contributed by atoms with Crippen LogP contribution in [0.3, 0.4) is 0 Å². The molecule has 0 radical (unpaired) electrons. The Labute approximate surface area is 163 Å². The van der Waals surface area contributed by atoms with Crippen molar-refractivity contribution in [1.29, 1.82) is 0 Å². The number of nitrogens with zero attached hydrogens (tertiary/aromatic N) is 2. The molecule has 3 rings (SSSR count). The Hall–Kier alpha value is -3.09. The van der Waals surface area contributed by atoms with Crippen LogP contribution >= 0.6 is 0 Å². The molecule has 2 aromatic rings. The van der Waals surface area contributed by atoms with Crippen LogP contribution in [0.4, 0.5) is 10.1 Å². The molecule has 1 N–H and O–H groups in total. The van der Waals surface area contributed by atoms with Crippen molar-refractivity contribution in [3.63, 3.8) is 0 Å². The van der Waals surface area contributed by atoms with Gasteiger partial charge in [-0.25, -0.2) is 4.39 Å². The fraction of sp³-hybridized carbons (Fsp3) is 0.333. The zero-order valence-corrected chi connectivity index (χ0v) is 15.9. The van der Waals surface area contributed by atoms with Crippen LogP contribution in [0.2, 0.25) is 0 Å². The van der Waals surface area contributed by atoms with Crippen molar-refractivity contribution in [3.05, 3.63) is 59.9 Å². The largest absolute Gasteiger partial charge is 0.497 e. The van der Waals surface area contributed by atoms with Crippen LogP contribution in [0, 0.1) is 5.82 Å². The van der Waals surface area contributed by atoms with Gasteiger partial charge in [0.1, 0.15) is 18.0 Å². The molecule has 2 aromatic carbocycles. The number of piperazine rings is 1. The maximum absolute atomic E-state index is 13.0. The van der Waals surface area contributed by atoms with E-state index in [2.05, 4.69) is 10.2 Å². The molecule has 6 nitrogen and oxygen atoms in total. The molecule has 1 aliphatic heterocycles. The van der Waals surface area contributed by atoms with Gasteiger partial charge in [0, 0.05) is 38.4 Å². The number of benzene rings is 2. The molecule has 0 unspecified atom stereocenters. The Bertz CT molecular complexity index is 801. The van der Waals surface area contributed by atoms with Crippen LogP contribution in [0.5, 0.6) is 5.75 Å². The lowest BCUT2D eigenvalue weighted by Crippen LogP contribution is -2.49. The highest BCUT2D eigenvalue weighted by atomic mass is 19.1. The van der Waals surface area contributed by atoms with Gasteiger partial charge in [-0.15, -0.1) is 0 Å². The fourth-order valence-electron chi connectivity index (χ4n) is 3.12. The van der Waals surface area contributed by atoms with Crippen molar-refractivity contribution in [2.45, 2.75) is 13.0 Å². The number of halogens is 1. The van der Waals surface area contributed by atoms with Crippen LogP contribution in [0.15, 0.2) is 48.5 Å². The number of carbonyl (C=O) groups excluding carboxylic acids is 2. The second-order valence-corrected chi connectivity index (χ2v) is 6.65. The third kappa shape index (κ3) is 5.22. The van der Waals surface area contributed by atoms with E-state index < -0.39 is 0 Å². The number of methoxy groups -OCH3 is 1. The zero-order valence-electron chi connectivity index (χ0n) is 15.9. The summed E-state index contributed by atoms with van der Waals surface area (Å²) in [4.78, 5) is 28.3. The van der Waals surface area contributed by atoms with E-state index in [1.807, 2.05) is 24.3 Å². The molecule has 28 heavy (non-hydrogen) atoms. The second kappa shape index (κ2) is 9.21. The molecule has 1 aliphatic rings. The van der Waals surface area contributed by atoms with E-state index in [9.17, 15) is 14.0 Å². The monoisotopic (exact) mass is 385 g/mol. The zero-order chi connectivity index (χ0) is 19.9. The van der Waals surface area contributed by atoms with E-state index in [1.165, 1.54) is 12.1 Å². The first-order valence-electron chi connectivity index (χ1n) is 9.23. The highest BCUT2D eigenvalue weighted by Gasteiger charge is 2.22. The number of carbonyl (C=O) groups is 2. The number of rotatable bonds is 6. The summed E-state index contributed by atoms with van der Waals surface area (Å²) in [5.74, 6) is 0.0241. The first-order valence-corrected chi connectivity index (χ1v) is 9.23. The summed E-state index contributed by atoms with van der Waals surface area (Å²) in [5.41, 5.74) is 1.88. The van der Waals surface area contributed by atoms with Gasteiger partial charge in [0.15, 0.2) is 0 Å². The number of nitrogens with one attached hydrogen (secondary N) is 1.